The molecule has 12 heteroatoms. The second-order valence-corrected chi connectivity index (χ2v) is 10.6. The molecule has 1 heterocycles. The number of nitrogens with one attached hydrogen (secondary N) is 2. The number of halogens is 5. The van der Waals surface area contributed by atoms with E-state index in [0.717, 1.165) is 37.1 Å². The molecule has 3 aromatic rings. The van der Waals surface area contributed by atoms with Crippen LogP contribution in [0, 0.1) is 18.6 Å². The fourth-order valence-electron chi connectivity index (χ4n) is 4.81. The van der Waals surface area contributed by atoms with E-state index in [1.807, 2.05) is 13.8 Å². The largest absolute Gasteiger partial charge is 0.416 e. The van der Waals surface area contributed by atoms with E-state index in [1.165, 1.54) is 24.3 Å². The smallest absolute Gasteiger partial charge is 0.390 e. The normalized spacial score (nSPS) is 12.9. The first-order valence-corrected chi connectivity index (χ1v) is 14.4. The lowest BCUT2D eigenvalue weighted by Gasteiger charge is -2.25. The Hall–Kier alpha value is -3.90. The number of amides is 2. The third kappa shape index (κ3) is 10.1. The fourth-order valence-corrected chi connectivity index (χ4v) is 4.81. The monoisotopic (exact) mass is 620 g/mol. The number of nitrogens with zero attached hydrogens (tertiary/aromatic N) is 2. The Morgan fingerprint density at radius 2 is 1.61 bits per heavy atom. The number of aryl methyl sites for hydroxylation is 1. The molecule has 2 amide bonds. The summed E-state index contributed by atoms with van der Waals surface area (Å²) in [5.41, 5.74) is 0.290. The maximum absolute atomic E-state index is 13.9. The second-order valence-electron chi connectivity index (χ2n) is 10.6. The summed E-state index contributed by atoms with van der Waals surface area (Å²) in [4.78, 5) is 32.5. The van der Waals surface area contributed by atoms with Crippen molar-refractivity contribution in [2.45, 2.75) is 64.9 Å². The Bertz CT molecular complexity index is 1410. The average molecular weight is 621 g/mol. The van der Waals surface area contributed by atoms with Gasteiger partial charge in [-0.1, -0.05) is 32.0 Å². The highest BCUT2D eigenvalue weighted by Crippen LogP contribution is 2.29. The molecule has 0 aliphatic rings. The number of hydrogen-bond acceptors (Lipinski definition) is 5. The molecule has 0 aliphatic carbocycles. The van der Waals surface area contributed by atoms with Gasteiger partial charge >= 0.3 is 6.18 Å². The number of benzene rings is 2. The molecule has 0 radical (unpaired) electrons. The number of pyridine rings is 1. The van der Waals surface area contributed by atoms with Gasteiger partial charge in [0, 0.05) is 43.5 Å². The van der Waals surface area contributed by atoms with Crippen molar-refractivity contribution in [2.24, 2.45) is 0 Å². The lowest BCUT2D eigenvalue weighted by atomic mass is 10.00. The van der Waals surface area contributed by atoms with Gasteiger partial charge in [-0.15, -0.1) is 0 Å². The lowest BCUT2D eigenvalue weighted by Crippen LogP contribution is -2.48. The summed E-state index contributed by atoms with van der Waals surface area (Å²) in [5, 5.41) is 16.6. The molecule has 0 fully saturated rings. The lowest BCUT2D eigenvalue weighted by molar-refractivity contribution is -0.137. The van der Waals surface area contributed by atoms with Crippen molar-refractivity contribution < 1.29 is 36.6 Å². The molecule has 0 unspecified atom stereocenters. The Morgan fingerprint density at radius 3 is 2.23 bits per heavy atom. The highest BCUT2D eigenvalue weighted by atomic mass is 19.4. The zero-order chi connectivity index (χ0) is 32.4. The quantitative estimate of drug-likeness (QED) is 0.209. The third-order valence-electron chi connectivity index (χ3n) is 6.80. The molecule has 3 rings (SSSR count). The van der Waals surface area contributed by atoms with E-state index in [2.05, 4.69) is 15.6 Å². The van der Waals surface area contributed by atoms with Crippen molar-refractivity contribution in [3.8, 4) is 0 Å². The maximum atomic E-state index is 13.9. The first-order chi connectivity index (χ1) is 20.8. The number of hydrogen-bond donors (Lipinski definition) is 3. The number of carbonyl (C=O) groups excluding carboxylic acids is 2. The average Bonchev–Trinajstić information content (AvgIpc) is 2.95. The van der Waals surface area contributed by atoms with E-state index in [1.54, 1.807) is 11.8 Å². The minimum Gasteiger partial charge on any atom is -0.390 e. The number of rotatable bonds is 14. The van der Waals surface area contributed by atoms with Gasteiger partial charge in [-0.2, -0.15) is 13.2 Å². The van der Waals surface area contributed by atoms with E-state index in [4.69, 9.17) is 0 Å². The van der Waals surface area contributed by atoms with Gasteiger partial charge in [0.05, 0.1) is 17.7 Å². The predicted octanol–water partition coefficient (Wildman–Crippen LogP) is 5.44. The number of carbonyl (C=O) groups is 2. The Morgan fingerprint density at radius 1 is 0.955 bits per heavy atom. The molecule has 0 saturated carbocycles. The van der Waals surface area contributed by atoms with Crippen LogP contribution in [0.1, 0.15) is 69.9 Å². The maximum Gasteiger partial charge on any atom is 0.416 e. The third-order valence-corrected chi connectivity index (χ3v) is 6.80. The molecule has 0 bridgehead atoms. The Balaban J connectivity index is 1.81. The van der Waals surface area contributed by atoms with Gasteiger partial charge in [-0.25, -0.2) is 13.8 Å². The molecule has 44 heavy (non-hydrogen) atoms. The van der Waals surface area contributed by atoms with E-state index in [-0.39, 0.29) is 42.2 Å². The van der Waals surface area contributed by atoms with Crippen molar-refractivity contribution in [1.82, 2.24) is 20.5 Å². The van der Waals surface area contributed by atoms with Crippen LogP contribution in [0.4, 0.5) is 22.0 Å². The van der Waals surface area contributed by atoms with Crippen LogP contribution in [0.15, 0.2) is 54.6 Å². The fraction of sp³-hybridized carbons (Fsp3) is 0.406. The Labute approximate surface area is 253 Å². The molecule has 1 aromatic heterocycles. The SMILES string of the molecule is CCCN(CCC)C(=O)c1cc(C(=O)N[C@@H](Cc2cc(F)cc(F)c2)[C@H](O)CNCc2cccc(C(F)(F)F)c2)cc(C)n1. The van der Waals surface area contributed by atoms with E-state index >= 15 is 0 Å². The van der Waals surface area contributed by atoms with Gasteiger partial charge in [-0.05, 0) is 67.6 Å². The van der Waals surface area contributed by atoms with Crippen LogP contribution < -0.4 is 10.6 Å². The summed E-state index contributed by atoms with van der Waals surface area (Å²) in [6.07, 6.45) is -4.50. The first kappa shape index (κ1) is 34.6. The minimum atomic E-state index is -4.51. The van der Waals surface area contributed by atoms with Crippen molar-refractivity contribution in [3.63, 3.8) is 0 Å². The van der Waals surface area contributed by atoms with E-state index in [9.17, 15) is 36.6 Å². The van der Waals surface area contributed by atoms with Crippen molar-refractivity contribution in [2.75, 3.05) is 19.6 Å². The molecule has 0 spiro atoms. The van der Waals surface area contributed by atoms with Crippen molar-refractivity contribution >= 4 is 11.8 Å². The topological polar surface area (TPSA) is 94.6 Å². The van der Waals surface area contributed by atoms with Crippen LogP contribution >= 0.6 is 0 Å². The van der Waals surface area contributed by atoms with E-state index in [0.29, 0.717) is 30.4 Å². The summed E-state index contributed by atoms with van der Waals surface area (Å²) in [6.45, 7) is 6.40. The highest BCUT2D eigenvalue weighted by molar-refractivity contribution is 5.98. The number of aliphatic hydroxyl groups excluding tert-OH is 1. The molecule has 2 aromatic carbocycles. The first-order valence-electron chi connectivity index (χ1n) is 14.4. The molecule has 3 N–H and O–H groups in total. The standard InChI is InChI=1S/C32H37F5N4O3/c1-4-9-41(10-5-2)31(44)28-16-23(11-20(3)39-28)30(43)40-27(15-22-13-25(33)17-26(34)14-22)29(42)19-38-18-21-7-6-8-24(12-21)32(35,36)37/h6-8,11-14,16-17,27,29,38,42H,4-5,9-10,15,18-19H2,1-3H3,(H,40,43)/t27-,29+/m0/s1. The number of alkyl halides is 3. The molecule has 2 atom stereocenters. The summed E-state index contributed by atoms with van der Waals surface area (Å²) in [6, 6.07) is 9.34. The van der Waals surface area contributed by atoms with Crippen LogP contribution in [0.3, 0.4) is 0 Å². The van der Waals surface area contributed by atoms with Gasteiger partial charge in [0.1, 0.15) is 17.3 Å². The number of aliphatic hydroxyl groups is 1. The highest BCUT2D eigenvalue weighted by Gasteiger charge is 2.30. The molecular weight excluding hydrogens is 583 g/mol. The molecular formula is C32H37F5N4O3. The predicted molar refractivity (Wildman–Crippen MR) is 156 cm³/mol. The summed E-state index contributed by atoms with van der Waals surface area (Å²) < 4.78 is 67.1. The summed E-state index contributed by atoms with van der Waals surface area (Å²) >= 11 is 0. The molecule has 0 saturated heterocycles. The molecule has 238 valence electrons. The van der Waals surface area contributed by atoms with Crippen LogP contribution in [0.5, 0.6) is 0 Å². The number of aromatic nitrogens is 1. The van der Waals surface area contributed by atoms with Crippen LogP contribution in [0.25, 0.3) is 0 Å². The Kier molecular flexibility index (Phi) is 12.4. The van der Waals surface area contributed by atoms with Gasteiger partial charge in [-0.3, -0.25) is 9.59 Å². The van der Waals surface area contributed by atoms with Gasteiger partial charge in [0.2, 0.25) is 0 Å². The van der Waals surface area contributed by atoms with Crippen LogP contribution in [-0.2, 0) is 19.1 Å². The zero-order valence-corrected chi connectivity index (χ0v) is 24.8. The van der Waals surface area contributed by atoms with Gasteiger partial charge in [0.25, 0.3) is 11.8 Å². The van der Waals surface area contributed by atoms with Crippen molar-refractivity contribution in [3.05, 3.63) is 99.9 Å². The zero-order valence-electron chi connectivity index (χ0n) is 24.8. The van der Waals surface area contributed by atoms with Gasteiger partial charge in [0.15, 0.2) is 0 Å². The van der Waals surface area contributed by atoms with Crippen LogP contribution in [-0.4, -0.2) is 58.6 Å². The van der Waals surface area contributed by atoms with Crippen molar-refractivity contribution in [1.29, 1.82) is 0 Å². The van der Waals surface area contributed by atoms with Gasteiger partial charge < -0.3 is 20.6 Å². The minimum absolute atomic E-state index is 0.0166. The summed E-state index contributed by atoms with van der Waals surface area (Å²) in [5.74, 6) is -2.64. The van der Waals surface area contributed by atoms with E-state index < -0.39 is 41.4 Å². The molecule has 0 aliphatic heterocycles. The molecule has 7 nitrogen and oxygen atoms in total. The van der Waals surface area contributed by atoms with Crippen LogP contribution in [0.2, 0.25) is 0 Å². The second kappa shape index (κ2) is 15.7. The summed E-state index contributed by atoms with van der Waals surface area (Å²) in [7, 11) is 0.